The predicted octanol–water partition coefficient (Wildman–Crippen LogP) is 6.12. The van der Waals surface area contributed by atoms with E-state index in [0.717, 1.165) is 16.3 Å². The lowest BCUT2D eigenvalue weighted by Gasteiger charge is -2.12. The van der Waals surface area contributed by atoms with Gasteiger partial charge in [0.05, 0.1) is 11.1 Å². The lowest BCUT2D eigenvalue weighted by Crippen LogP contribution is -2.18. The Hall–Kier alpha value is -5.02. The van der Waals surface area contributed by atoms with Crippen LogP contribution in [0.15, 0.2) is 125 Å². The van der Waals surface area contributed by atoms with Gasteiger partial charge < -0.3 is 4.74 Å². The summed E-state index contributed by atoms with van der Waals surface area (Å²) < 4.78 is 46.8. The molecule has 40 heavy (non-hydrogen) atoms. The van der Waals surface area contributed by atoms with E-state index in [2.05, 4.69) is 15.2 Å². The van der Waals surface area contributed by atoms with Gasteiger partial charge in [0.1, 0.15) is 18.2 Å². The minimum Gasteiger partial charge on any atom is -0.488 e. The summed E-state index contributed by atoms with van der Waals surface area (Å²) in [5.74, 6) is -0.236. The Morgan fingerprint density at radius 3 is 2.27 bits per heavy atom. The summed E-state index contributed by atoms with van der Waals surface area (Å²) in [5.41, 5.74) is 4.60. The van der Waals surface area contributed by atoms with Crippen LogP contribution in [0.1, 0.15) is 21.5 Å². The van der Waals surface area contributed by atoms with Gasteiger partial charge in [0, 0.05) is 16.8 Å². The van der Waals surface area contributed by atoms with Gasteiger partial charge in [0.15, 0.2) is 0 Å². The number of rotatable bonds is 9. The van der Waals surface area contributed by atoms with Crippen molar-refractivity contribution >= 4 is 38.6 Å². The van der Waals surface area contributed by atoms with Gasteiger partial charge in [0.2, 0.25) is 0 Å². The maximum Gasteiger partial charge on any atom is 0.271 e. The Labute approximate surface area is 231 Å². The Morgan fingerprint density at radius 1 is 0.825 bits per heavy atom. The van der Waals surface area contributed by atoms with Crippen LogP contribution in [0.3, 0.4) is 0 Å². The highest BCUT2D eigenvalue weighted by molar-refractivity contribution is 7.92. The molecule has 2 N–H and O–H groups in total. The molecule has 0 unspecified atom stereocenters. The molecule has 0 aromatic heterocycles. The number of ether oxygens (including phenoxy) is 1. The van der Waals surface area contributed by atoms with Crippen LogP contribution in [-0.4, -0.2) is 20.5 Å². The summed E-state index contributed by atoms with van der Waals surface area (Å²) >= 11 is 0. The topological polar surface area (TPSA) is 96.9 Å². The van der Waals surface area contributed by atoms with Crippen molar-refractivity contribution < 1.29 is 22.3 Å². The van der Waals surface area contributed by atoms with E-state index in [1.54, 1.807) is 30.3 Å². The average molecular weight is 554 g/mol. The van der Waals surface area contributed by atoms with Crippen LogP contribution in [0.2, 0.25) is 0 Å². The predicted molar refractivity (Wildman–Crippen MR) is 153 cm³/mol. The van der Waals surface area contributed by atoms with Gasteiger partial charge in [-0.3, -0.25) is 9.52 Å². The minimum atomic E-state index is -3.74. The van der Waals surface area contributed by atoms with Crippen LogP contribution < -0.4 is 14.9 Å². The molecule has 5 aromatic carbocycles. The smallest absolute Gasteiger partial charge is 0.271 e. The fourth-order valence-electron chi connectivity index (χ4n) is 4.00. The van der Waals surface area contributed by atoms with Crippen molar-refractivity contribution in [2.75, 3.05) is 4.72 Å². The number of hydrogen-bond donors (Lipinski definition) is 2. The van der Waals surface area contributed by atoms with E-state index in [-0.39, 0.29) is 17.3 Å². The first kappa shape index (κ1) is 26.6. The molecular formula is C31H24FN3O4S. The molecule has 0 heterocycles. The van der Waals surface area contributed by atoms with E-state index in [1.807, 2.05) is 36.4 Å². The van der Waals surface area contributed by atoms with Crippen LogP contribution in [0.4, 0.5) is 10.1 Å². The number of fused-ring (bicyclic) bond motifs is 1. The fourth-order valence-corrected chi connectivity index (χ4v) is 5.08. The van der Waals surface area contributed by atoms with Crippen molar-refractivity contribution in [2.45, 2.75) is 11.5 Å². The van der Waals surface area contributed by atoms with Crippen LogP contribution in [0, 0.1) is 5.82 Å². The molecule has 0 saturated heterocycles. The molecule has 7 nitrogen and oxygen atoms in total. The number of carbonyl (C=O) groups is 1. The zero-order chi connectivity index (χ0) is 28.0. The Kier molecular flexibility index (Phi) is 7.84. The lowest BCUT2D eigenvalue weighted by molar-refractivity contribution is 0.0955. The van der Waals surface area contributed by atoms with Crippen LogP contribution >= 0.6 is 0 Å². The molecule has 0 aliphatic carbocycles. The van der Waals surface area contributed by atoms with Crippen molar-refractivity contribution in [1.82, 2.24) is 5.43 Å². The number of sulfonamides is 1. The second kappa shape index (κ2) is 11.8. The zero-order valence-corrected chi connectivity index (χ0v) is 21.9. The molecule has 0 aliphatic rings. The fraction of sp³-hybridized carbons (Fsp3) is 0.0323. The number of hydrogen-bond acceptors (Lipinski definition) is 5. The van der Waals surface area contributed by atoms with Gasteiger partial charge >= 0.3 is 0 Å². The van der Waals surface area contributed by atoms with Crippen LogP contribution in [0.25, 0.3) is 10.8 Å². The van der Waals surface area contributed by atoms with Gasteiger partial charge in [-0.25, -0.2) is 18.2 Å². The number of benzene rings is 5. The molecule has 0 radical (unpaired) electrons. The molecule has 9 heteroatoms. The number of nitrogens with zero attached hydrogens (tertiary/aromatic N) is 1. The third kappa shape index (κ3) is 6.33. The third-order valence-corrected chi connectivity index (χ3v) is 7.45. The first-order valence-corrected chi connectivity index (χ1v) is 13.8. The second-order valence-corrected chi connectivity index (χ2v) is 10.5. The van der Waals surface area contributed by atoms with E-state index in [1.165, 1.54) is 54.7 Å². The van der Waals surface area contributed by atoms with E-state index in [9.17, 15) is 17.6 Å². The van der Waals surface area contributed by atoms with Gasteiger partial charge in [-0.2, -0.15) is 5.10 Å². The molecular weight excluding hydrogens is 529 g/mol. The normalized spacial score (nSPS) is 11.4. The van der Waals surface area contributed by atoms with Gasteiger partial charge in [-0.05, 0) is 70.9 Å². The number of amides is 1. The van der Waals surface area contributed by atoms with Crippen LogP contribution in [-0.2, 0) is 16.6 Å². The lowest BCUT2D eigenvalue weighted by atomic mass is 10.0. The number of carbonyl (C=O) groups excluding carboxylic acids is 1. The summed E-state index contributed by atoms with van der Waals surface area (Å²) in [6.45, 7) is 0.228. The van der Waals surface area contributed by atoms with E-state index in [0.29, 0.717) is 22.6 Å². The van der Waals surface area contributed by atoms with Crippen molar-refractivity contribution in [3.63, 3.8) is 0 Å². The molecule has 5 aromatic rings. The average Bonchev–Trinajstić information content (AvgIpc) is 2.98. The zero-order valence-electron chi connectivity index (χ0n) is 21.1. The maximum absolute atomic E-state index is 13.2. The van der Waals surface area contributed by atoms with Gasteiger partial charge in [-0.1, -0.05) is 60.7 Å². The third-order valence-electron chi connectivity index (χ3n) is 6.05. The molecule has 200 valence electrons. The maximum atomic E-state index is 13.2. The summed E-state index contributed by atoms with van der Waals surface area (Å²) in [5, 5.41) is 6.00. The molecule has 0 aliphatic heterocycles. The highest BCUT2D eigenvalue weighted by atomic mass is 32.2. The van der Waals surface area contributed by atoms with Crippen molar-refractivity contribution in [2.24, 2.45) is 5.10 Å². The summed E-state index contributed by atoms with van der Waals surface area (Å²) in [6.07, 6.45) is 1.52. The van der Waals surface area contributed by atoms with Crippen LogP contribution in [0.5, 0.6) is 5.75 Å². The summed E-state index contributed by atoms with van der Waals surface area (Å²) in [7, 11) is -3.74. The molecule has 5 rings (SSSR count). The molecule has 0 bridgehead atoms. The molecule has 0 saturated carbocycles. The Balaban J connectivity index is 1.29. The number of halogens is 1. The van der Waals surface area contributed by atoms with Crippen molar-refractivity contribution in [1.29, 1.82) is 0 Å². The molecule has 0 fully saturated rings. The largest absolute Gasteiger partial charge is 0.488 e. The van der Waals surface area contributed by atoms with Gasteiger partial charge in [0.25, 0.3) is 15.9 Å². The van der Waals surface area contributed by atoms with Crippen molar-refractivity contribution in [3.8, 4) is 5.75 Å². The quantitative estimate of drug-likeness (QED) is 0.170. The summed E-state index contributed by atoms with van der Waals surface area (Å²) in [4.78, 5) is 12.9. The highest BCUT2D eigenvalue weighted by Crippen LogP contribution is 2.27. The molecule has 1 amide bonds. The van der Waals surface area contributed by atoms with E-state index >= 15 is 0 Å². The number of anilines is 1. The van der Waals surface area contributed by atoms with E-state index < -0.39 is 15.9 Å². The van der Waals surface area contributed by atoms with E-state index in [4.69, 9.17) is 4.74 Å². The standard InChI is InChI=1S/C31H24FN3O4S/c32-25-15-10-22(11-16-25)21-39-30-19-14-23-6-4-5-9-28(23)29(30)20-33-34-31(36)24-12-17-26(18-13-24)35-40(37,38)27-7-2-1-3-8-27/h1-20,35H,21H2,(H,34,36)/b33-20+. The number of hydrazone groups is 1. The first-order valence-electron chi connectivity index (χ1n) is 12.3. The Morgan fingerprint density at radius 2 is 1.52 bits per heavy atom. The monoisotopic (exact) mass is 553 g/mol. The number of nitrogens with one attached hydrogen (secondary N) is 2. The molecule has 0 spiro atoms. The minimum absolute atomic E-state index is 0.139. The van der Waals surface area contributed by atoms with Crippen molar-refractivity contribution in [3.05, 3.63) is 138 Å². The Bertz CT molecular complexity index is 1770. The highest BCUT2D eigenvalue weighted by Gasteiger charge is 2.14. The SMILES string of the molecule is O=C(N/N=C/c1c(OCc2ccc(F)cc2)ccc2ccccc12)c1ccc(NS(=O)(=O)c2ccccc2)cc1. The summed E-state index contributed by atoms with van der Waals surface area (Å²) in [6, 6.07) is 31.6. The second-order valence-electron chi connectivity index (χ2n) is 8.81. The molecule has 0 atom stereocenters. The first-order chi connectivity index (χ1) is 19.4. The van der Waals surface area contributed by atoms with Gasteiger partial charge in [-0.15, -0.1) is 0 Å².